The van der Waals surface area contributed by atoms with Crippen LogP contribution in [0.25, 0.3) is 0 Å². The quantitative estimate of drug-likeness (QED) is 0.786. The number of fused-ring (bicyclic) bond motifs is 2. The number of carbonyl (C=O) groups is 1. The normalized spacial score (nSPS) is 22.5. The first kappa shape index (κ1) is 18.3. The van der Waals surface area contributed by atoms with Crippen molar-refractivity contribution >= 4 is 33.2 Å². The Labute approximate surface area is 163 Å². The molecule has 2 aromatic carbocycles. The summed E-state index contributed by atoms with van der Waals surface area (Å²) in [6.45, 7) is 0.391. The van der Waals surface area contributed by atoms with Crippen LogP contribution in [0.5, 0.6) is 5.75 Å². The molecule has 0 unspecified atom stereocenters. The van der Waals surface area contributed by atoms with E-state index in [1.165, 1.54) is 16.4 Å². The largest absolute Gasteiger partial charge is 0.497 e. The molecule has 8 heteroatoms. The van der Waals surface area contributed by atoms with Gasteiger partial charge < -0.3 is 9.64 Å². The van der Waals surface area contributed by atoms with E-state index in [9.17, 15) is 13.2 Å². The molecule has 1 fully saturated rings. The van der Waals surface area contributed by atoms with E-state index in [0.717, 1.165) is 11.3 Å². The zero-order valence-corrected chi connectivity index (χ0v) is 16.5. The second kappa shape index (κ2) is 6.22. The number of carbonyl (C=O) groups excluding carboxylic acids is 1. The molecule has 0 aromatic heterocycles. The number of ether oxygens (including phenoxy) is 1. The molecular weight excluding hydrogens is 388 g/mol. The summed E-state index contributed by atoms with van der Waals surface area (Å²) in [5.41, 5.74) is 0.743. The molecule has 0 bridgehead atoms. The number of benzene rings is 2. The molecule has 1 spiro atoms. The van der Waals surface area contributed by atoms with Gasteiger partial charge in [-0.3, -0.25) is 4.79 Å². The molecule has 4 rings (SSSR count). The Kier molecular flexibility index (Phi) is 4.21. The number of hydrogen-bond donors (Lipinski definition) is 0. The molecule has 0 aliphatic carbocycles. The van der Waals surface area contributed by atoms with Gasteiger partial charge in [-0.1, -0.05) is 11.6 Å². The zero-order valence-electron chi connectivity index (χ0n) is 15.0. The Hall–Kier alpha value is -2.09. The fourth-order valence-corrected chi connectivity index (χ4v) is 5.62. The van der Waals surface area contributed by atoms with E-state index in [1.54, 1.807) is 37.3 Å². The zero-order chi connectivity index (χ0) is 19.4. The maximum atomic E-state index is 13.1. The minimum absolute atomic E-state index is 0.0837. The van der Waals surface area contributed by atoms with E-state index in [4.69, 9.17) is 16.3 Å². The smallest absolute Gasteiger partial charge is 0.243 e. The standard InChI is InChI=1S/C19H19ClN2O4S/c1-21-17-8-5-14(26-2)11-16(17)19(18(21)23)9-10-22(12-19)27(24,25)15-6-3-13(20)4-7-15/h3-8,11H,9-10,12H2,1-2H3/t19-/m0/s1. The summed E-state index contributed by atoms with van der Waals surface area (Å²) in [5.74, 6) is 0.565. The summed E-state index contributed by atoms with van der Waals surface area (Å²) in [6.07, 6.45) is 0.434. The Balaban J connectivity index is 1.74. The molecule has 2 aliphatic heterocycles. The maximum absolute atomic E-state index is 13.1. The number of hydrogen-bond acceptors (Lipinski definition) is 4. The van der Waals surface area contributed by atoms with Crippen molar-refractivity contribution in [3.05, 3.63) is 53.1 Å². The van der Waals surface area contributed by atoms with Gasteiger partial charge in [-0.15, -0.1) is 0 Å². The van der Waals surface area contributed by atoms with Crippen LogP contribution in [-0.4, -0.2) is 45.9 Å². The number of sulfonamides is 1. The molecule has 27 heavy (non-hydrogen) atoms. The first-order valence-corrected chi connectivity index (χ1v) is 10.3. The summed E-state index contributed by atoms with van der Waals surface area (Å²) in [7, 11) is -0.414. The highest BCUT2D eigenvalue weighted by Gasteiger charge is 2.55. The molecular formula is C19H19ClN2O4S. The SMILES string of the molecule is COc1ccc2c(c1)[C@@]1(CCN(S(=O)(=O)c3ccc(Cl)cc3)C1)C(=O)N2C. The molecule has 0 radical (unpaired) electrons. The lowest BCUT2D eigenvalue weighted by molar-refractivity contribution is -0.122. The van der Waals surface area contributed by atoms with Gasteiger partial charge in [-0.25, -0.2) is 8.42 Å². The number of halogens is 1. The van der Waals surface area contributed by atoms with Crippen LogP contribution in [0.2, 0.25) is 5.02 Å². The maximum Gasteiger partial charge on any atom is 0.243 e. The van der Waals surface area contributed by atoms with Crippen LogP contribution in [0.4, 0.5) is 5.69 Å². The van der Waals surface area contributed by atoms with Gasteiger partial charge in [0, 0.05) is 30.8 Å². The molecule has 0 saturated carbocycles. The first-order chi connectivity index (χ1) is 12.8. The molecule has 2 heterocycles. The van der Waals surface area contributed by atoms with Gasteiger partial charge in [0.15, 0.2) is 0 Å². The summed E-state index contributed by atoms with van der Waals surface area (Å²) in [6, 6.07) is 11.6. The molecule has 6 nitrogen and oxygen atoms in total. The van der Waals surface area contributed by atoms with Gasteiger partial charge in [-0.2, -0.15) is 4.31 Å². The van der Waals surface area contributed by atoms with Gasteiger partial charge >= 0.3 is 0 Å². The topological polar surface area (TPSA) is 66.9 Å². The summed E-state index contributed by atoms with van der Waals surface area (Å²) >= 11 is 5.87. The van der Waals surface area contributed by atoms with Crippen LogP contribution < -0.4 is 9.64 Å². The van der Waals surface area contributed by atoms with Crippen LogP contribution >= 0.6 is 11.6 Å². The third-order valence-corrected chi connectivity index (χ3v) is 7.59. The van der Waals surface area contributed by atoms with E-state index >= 15 is 0 Å². The van der Waals surface area contributed by atoms with Crippen molar-refractivity contribution in [2.75, 3.05) is 32.1 Å². The van der Waals surface area contributed by atoms with E-state index < -0.39 is 15.4 Å². The second-order valence-electron chi connectivity index (χ2n) is 6.87. The molecule has 1 atom stereocenters. The Bertz CT molecular complexity index is 1020. The lowest BCUT2D eigenvalue weighted by Crippen LogP contribution is -2.42. The fraction of sp³-hybridized carbons (Fsp3) is 0.316. The predicted octanol–water partition coefficient (Wildman–Crippen LogP) is 2.66. The second-order valence-corrected chi connectivity index (χ2v) is 9.25. The molecule has 142 valence electrons. The van der Waals surface area contributed by atoms with Gasteiger partial charge in [-0.05, 0) is 54.4 Å². The Morgan fingerprint density at radius 2 is 1.85 bits per heavy atom. The van der Waals surface area contributed by atoms with Crippen molar-refractivity contribution in [1.29, 1.82) is 0 Å². The minimum Gasteiger partial charge on any atom is -0.497 e. The lowest BCUT2D eigenvalue weighted by Gasteiger charge is -2.23. The number of likely N-dealkylation sites (N-methyl/N-ethyl adjacent to an activating group) is 1. The first-order valence-electron chi connectivity index (χ1n) is 8.52. The molecule has 1 saturated heterocycles. The van der Waals surface area contributed by atoms with Gasteiger partial charge in [0.2, 0.25) is 15.9 Å². The van der Waals surface area contributed by atoms with Crippen molar-refractivity contribution < 1.29 is 17.9 Å². The van der Waals surface area contributed by atoms with Crippen molar-refractivity contribution in [3.8, 4) is 5.75 Å². The van der Waals surface area contributed by atoms with E-state index in [2.05, 4.69) is 0 Å². The fourth-order valence-electron chi connectivity index (χ4n) is 3.99. The number of methoxy groups -OCH3 is 1. The van der Waals surface area contributed by atoms with Crippen LogP contribution in [0, 0.1) is 0 Å². The molecule has 2 aliphatic rings. The molecule has 1 amide bonds. The summed E-state index contributed by atoms with van der Waals surface area (Å²) in [4.78, 5) is 14.9. The number of nitrogens with zero attached hydrogens (tertiary/aromatic N) is 2. The number of anilines is 1. The highest BCUT2D eigenvalue weighted by atomic mass is 35.5. The highest BCUT2D eigenvalue weighted by Crippen LogP contribution is 2.48. The highest BCUT2D eigenvalue weighted by molar-refractivity contribution is 7.89. The lowest BCUT2D eigenvalue weighted by atomic mass is 9.81. The summed E-state index contributed by atoms with van der Waals surface area (Å²) in [5, 5.41) is 0.473. The van der Waals surface area contributed by atoms with Crippen LogP contribution in [0.1, 0.15) is 12.0 Å². The minimum atomic E-state index is -3.71. The van der Waals surface area contributed by atoms with E-state index in [1.807, 2.05) is 12.1 Å². The third kappa shape index (κ3) is 2.64. The Morgan fingerprint density at radius 1 is 1.15 bits per heavy atom. The van der Waals surface area contributed by atoms with Crippen molar-refractivity contribution in [1.82, 2.24) is 4.31 Å². The van der Waals surface area contributed by atoms with E-state index in [0.29, 0.717) is 17.2 Å². The van der Waals surface area contributed by atoms with Crippen LogP contribution in [-0.2, 0) is 20.2 Å². The van der Waals surface area contributed by atoms with Crippen LogP contribution in [0.15, 0.2) is 47.4 Å². The molecule has 2 aromatic rings. The van der Waals surface area contributed by atoms with E-state index in [-0.39, 0.29) is 23.9 Å². The van der Waals surface area contributed by atoms with Crippen molar-refractivity contribution in [2.24, 2.45) is 0 Å². The van der Waals surface area contributed by atoms with Gasteiger partial charge in [0.1, 0.15) is 5.75 Å². The van der Waals surface area contributed by atoms with Crippen molar-refractivity contribution in [2.45, 2.75) is 16.7 Å². The van der Waals surface area contributed by atoms with Crippen molar-refractivity contribution in [3.63, 3.8) is 0 Å². The monoisotopic (exact) mass is 406 g/mol. The van der Waals surface area contributed by atoms with Crippen LogP contribution in [0.3, 0.4) is 0 Å². The third-order valence-electron chi connectivity index (χ3n) is 5.48. The van der Waals surface area contributed by atoms with Gasteiger partial charge in [0.25, 0.3) is 0 Å². The average molecular weight is 407 g/mol. The average Bonchev–Trinajstić information content (AvgIpc) is 3.21. The predicted molar refractivity (Wildman–Crippen MR) is 103 cm³/mol. The number of amides is 1. The number of rotatable bonds is 3. The summed E-state index contributed by atoms with van der Waals surface area (Å²) < 4.78 is 32.8. The van der Waals surface area contributed by atoms with Gasteiger partial charge in [0.05, 0.1) is 17.4 Å². The Morgan fingerprint density at radius 3 is 2.52 bits per heavy atom. The molecule has 0 N–H and O–H groups in total.